The van der Waals surface area contributed by atoms with Gasteiger partial charge in [0.05, 0.1) is 53.0 Å². The zero-order valence-corrected chi connectivity index (χ0v) is 22.6. The number of fused-ring (bicyclic) bond motifs is 1. The van der Waals surface area contributed by atoms with Crippen LogP contribution < -0.4 is 24.2 Å². The molecule has 11 heteroatoms. The van der Waals surface area contributed by atoms with Crippen molar-refractivity contribution < 1.29 is 48.4 Å². The van der Waals surface area contributed by atoms with E-state index in [4.69, 9.17) is 43.7 Å². The maximum atomic E-state index is 12.6. The van der Waals surface area contributed by atoms with E-state index in [1.807, 2.05) is 0 Å². The second kappa shape index (κ2) is 14.5. The zero-order valence-electron chi connectivity index (χ0n) is 22.6. The molecule has 0 fully saturated rings. The van der Waals surface area contributed by atoms with Crippen molar-refractivity contribution in [2.75, 3.05) is 47.6 Å². The Kier molecular flexibility index (Phi) is 10.8. The average Bonchev–Trinajstić information content (AvgIpc) is 3.41. The van der Waals surface area contributed by atoms with E-state index in [9.17, 15) is 4.79 Å². The molecule has 11 nitrogen and oxygen atoms in total. The van der Waals surface area contributed by atoms with Gasteiger partial charge in [-0.25, -0.2) is 14.6 Å². The smallest absolute Gasteiger partial charge is 0.351 e. The summed E-state index contributed by atoms with van der Waals surface area (Å²) in [4.78, 5) is 36.8. The van der Waals surface area contributed by atoms with Gasteiger partial charge < -0.3 is 34.0 Å². The highest BCUT2D eigenvalue weighted by molar-refractivity contribution is 6.26. The van der Waals surface area contributed by atoms with Crippen LogP contribution in [0.25, 0.3) is 10.8 Å². The van der Waals surface area contributed by atoms with Crippen molar-refractivity contribution in [3.8, 4) is 17.2 Å². The number of carbonyl (C=O) groups is 3. The van der Waals surface area contributed by atoms with Crippen LogP contribution in [0.5, 0.6) is 17.2 Å². The Bertz CT molecular complexity index is 1340. The molecule has 1 aliphatic heterocycles. The quantitative estimate of drug-likeness (QED) is 0.211. The third kappa shape index (κ3) is 7.70. The molecular formula is C29H32N2O9. The van der Waals surface area contributed by atoms with Gasteiger partial charge in [-0.05, 0) is 28.5 Å². The summed E-state index contributed by atoms with van der Waals surface area (Å²) in [6, 6.07) is 18.1. The number of esters is 1. The van der Waals surface area contributed by atoms with Crippen LogP contribution in [-0.2, 0) is 20.7 Å². The molecule has 0 aliphatic carbocycles. The van der Waals surface area contributed by atoms with Gasteiger partial charge in [-0.3, -0.25) is 4.90 Å². The molecule has 1 unspecified atom stereocenters. The Balaban J connectivity index is 0.000000663. The largest absolute Gasteiger partial charge is 0.539 e. The van der Waals surface area contributed by atoms with E-state index in [2.05, 4.69) is 42.5 Å². The molecule has 0 aromatic heterocycles. The molecule has 0 radical (unpaired) electrons. The molecule has 0 bridgehead atoms. The molecule has 1 atom stereocenters. The number of hydrogen-bond donors (Lipinski definition) is 2. The van der Waals surface area contributed by atoms with Crippen LogP contribution in [0.4, 0.5) is 0 Å². The van der Waals surface area contributed by atoms with Crippen LogP contribution in [-0.4, -0.2) is 76.4 Å². The molecule has 2 N–H and O–H groups in total. The van der Waals surface area contributed by atoms with Gasteiger partial charge in [0.1, 0.15) is 6.54 Å². The molecule has 1 heterocycles. The van der Waals surface area contributed by atoms with Gasteiger partial charge in [0, 0.05) is 6.42 Å². The lowest BCUT2D eigenvalue weighted by Crippen LogP contribution is -3.13. The van der Waals surface area contributed by atoms with Crippen molar-refractivity contribution in [1.29, 1.82) is 0 Å². The Hall–Kier alpha value is -4.64. The molecule has 0 saturated carbocycles. The first-order valence-corrected chi connectivity index (χ1v) is 12.6. The highest BCUT2D eigenvalue weighted by Gasteiger charge is 2.24. The van der Waals surface area contributed by atoms with Crippen molar-refractivity contribution in [3.63, 3.8) is 0 Å². The van der Waals surface area contributed by atoms with Crippen LogP contribution in [0.3, 0.4) is 0 Å². The maximum absolute atomic E-state index is 12.6. The van der Waals surface area contributed by atoms with Crippen LogP contribution in [0, 0.1) is 0 Å². The highest BCUT2D eigenvalue weighted by Crippen LogP contribution is 2.38. The lowest BCUT2D eigenvalue weighted by atomic mass is 10.0. The third-order valence-corrected chi connectivity index (χ3v) is 6.29. The number of carboxylic acids is 2. The molecule has 40 heavy (non-hydrogen) atoms. The Morgan fingerprint density at radius 2 is 1.62 bits per heavy atom. The van der Waals surface area contributed by atoms with Crippen LogP contribution in [0.1, 0.15) is 22.3 Å². The predicted octanol–water partition coefficient (Wildman–Crippen LogP) is 0.773. The summed E-state index contributed by atoms with van der Waals surface area (Å²) in [7, 11) is 4.56. The number of quaternary nitrogens is 1. The minimum atomic E-state index is -2.07. The van der Waals surface area contributed by atoms with E-state index in [-0.39, 0.29) is 0 Å². The fourth-order valence-electron chi connectivity index (χ4n) is 4.39. The number of methoxy groups -OCH3 is 3. The van der Waals surface area contributed by atoms with Gasteiger partial charge in [0.15, 0.2) is 17.5 Å². The number of aliphatic carboxylic acids is 2. The molecule has 0 saturated heterocycles. The van der Waals surface area contributed by atoms with Crippen LogP contribution >= 0.6 is 0 Å². The molecule has 0 spiro atoms. The number of nitrogens with zero attached hydrogens (tertiary/aromatic N) is 1. The van der Waals surface area contributed by atoms with Gasteiger partial charge >= 0.3 is 11.9 Å². The van der Waals surface area contributed by atoms with Gasteiger partial charge in [-0.2, -0.15) is 0 Å². The van der Waals surface area contributed by atoms with Crippen molar-refractivity contribution in [2.45, 2.75) is 12.8 Å². The van der Waals surface area contributed by atoms with Crippen LogP contribution in [0.15, 0.2) is 59.6 Å². The molecule has 4 rings (SSSR count). The summed E-state index contributed by atoms with van der Waals surface area (Å²) in [5.41, 5.74) is 1.66. The minimum Gasteiger partial charge on any atom is -0.539 e. The van der Waals surface area contributed by atoms with Crippen molar-refractivity contribution in [2.24, 2.45) is 4.99 Å². The number of nitrogens with one attached hydrogen (secondary N) is 1. The standard InChI is InChI=1S/C27H30N2O5.C2H2O4/c1-31-23-16-21(17-24(32-2)26(23)33-3)27(30)34-15-7-13-29-14-12-28-25(29)18-20-10-6-9-19-8-4-5-11-22(19)20;3-1(4)2(5)6/h4-6,8-11,16-17H,7,12-15,18H2,1-3H3;(H,3,4)(H,5,6). The van der Waals surface area contributed by atoms with E-state index >= 15 is 0 Å². The maximum Gasteiger partial charge on any atom is 0.351 e. The van der Waals surface area contributed by atoms with E-state index in [0.717, 1.165) is 32.5 Å². The Labute approximate surface area is 231 Å². The molecular weight excluding hydrogens is 520 g/mol. The number of aliphatic imine (C=N–C) groups is 1. The SMILES string of the molecule is COc1cc(C(=O)OCCC[NH+]2CCN=C2Cc2cccc3ccccc23)cc(OC)c1OC.O=C([O-])C(=O)O. The average molecular weight is 553 g/mol. The molecule has 0 amide bonds. The first-order valence-electron chi connectivity index (χ1n) is 12.6. The molecule has 3 aromatic carbocycles. The number of ether oxygens (including phenoxy) is 4. The van der Waals surface area contributed by atoms with Gasteiger partial charge in [-0.15, -0.1) is 0 Å². The van der Waals surface area contributed by atoms with E-state index in [0.29, 0.717) is 29.4 Å². The lowest BCUT2D eigenvalue weighted by Gasteiger charge is -2.16. The fraction of sp³-hybridized carbons (Fsp3) is 0.310. The van der Waals surface area contributed by atoms with E-state index in [1.165, 1.54) is 48.4 Å². The van der Waals surface area contributed by atoms with E-state index in [1.54, 1.807) is 12.1 Å². The number of carboxylic acid groups (broad SMARTS) is 2. The first-order chi connectivity index (χ1) is 19.3. The number of carbonyl (C=O) groups excluding carboxylic acids is 2. The summed E-state index contributed by atoms with van der Waals surface area (Å²) in [5.74, 6) is -1.97. The summed E-state index contributed by atoms with van der Waals surface area (Å²) >= 11 is 0. The van der Waals surface area contributed by atoms with Crippen molar-refractivity contribution in [3.05, 3.63) is 65.7 Å². The first kappa shape index (κ1) is 29.9. The minimum absolute atomic E-state index is 0.334. The second-order valence-corrected chi connectivity index (χ2v) is 8.74. The molecule has 1 aliphatic rings. The van der Waals surface area contributed by atoms with Gasteiger partial charge in [-0.1, -0.05) is 42.5 Å². The second-order valence-electron chi connectivity index (χ2n) is 8.74. The summed E-state index contributed by atoms with van der Waals surface area (Å²) in [5, 5.41) is 18.8. The van der Waals surface area contributed by atoms with Crippen LogP contribution in [0.2, 0.25) is 0 Å². The van der Waals surface area contributed by atoms with Gasteiger partial charge in [0.2, 0.25) is 11.6 Å². The Morgan fingerprint density at radius 3 is 2.25 bits per heavy atom. The zero-order chi connectivity index (χ0) is 29.1. The van der Waals surface area contributed by atoms with E-state index < -0.39 is 17.9 Å². The van der Waals surface area contributed by atoms with Gasteiger partial charge in [0.25, 0.3) is 0 Å². The summed E-state index contributed by atoms with van der Waals surface area (Å²) in [6.45, 7) is 3.01. The normalized spacial score (nSPS) is 14.0. The Morgan fingerprint density at radius 1 is 0.975 bits per heavy atom. The topological polar surface area (TPSA) is 148 Å². The summed E-state index contributed by atoms with van der Waals surface area (Å²) < 4.78 is 21.5. The monoisotopic (exact) mass is 552 g/mol. The lowest BCUT2D eigenvalue weighted by molar-refractivity contribution is -0.799. The third-order valence-electron chi connectivity index (χ3n) is 6.29. The summed E-state index contributed by atoms with van der Waals surface area (Å²) in [6.07, 6.45) is 1.59. The fourth-order valence-corrected chi connectivity index (χ4v) is 4.39. The number of rotatable bonds is 10. The highest BCUT2D eigenvalue weighted by atomic mass is 16.5. The van der Waals surface area contributed by atoms with Crippen molar-refractivity contribution in [1.82, 2.24) is 0 Å². The molecule has 3 aromatic rings. The number of amidine groups is 1. The molecule has 212 valence electrons. The number of benzene rings is 3. The predicted molar refractivity (Wildman–Crippen MR) is 144 cm³/mol. The van der Waals surface area contributed by atoms with Crippen molar-refractivity contribution >= 4 is 34.5 Å². The number of hydrogen-bond acceptors (Lipinski definition) is 9.